The second-order valence-corrected chi connectivity index (χ2v) is 4.20. The number of halogens is 2. The molecule has 0 saturated carbocycles. The van der Waals surface area contributed by atoms with Crippen molar-refractivity contribution in [3.8, 4) is 0 Å². The first-order valence-corrected chi connectivity index (χ1v) is 5.59. The fourth-order valence-electron chi connectivity index (χ4n) is 1.61. The summed E-state index contributed by atoms with van der Waals surface area (Å²) in [4.78, 5) is 10.9. The molecule has 0 aliphatic heterocycles. The van der Waals surface area contributed by atoms with Gasteiger partial charge in [0.05, 0.1) is 5.92 Å². The first-order valence-electron chi connectivity index (χ1n) is 5.21. The lowest BCUT2D eigenvalue weighted by Gasteiger charge is -2.11. The van der Waals surface area contributed by atoms with Crippen LogP contribution in [0, 0.1) is 11.7 Å². The molecule has 0 aliphatic rings. The van der Waals surface area contributed by atoms with E-state index in [1.54, 1.807) is 12.1 Å². The normalized spacial score (nSPS) is 12.4. The van der Waals surface area contributed by atoms with Gasteiger partial charge in [0.15, 0.2) is 0 Å². The molecule has 1 aromatic rings. The molecule has 0 bridgehead atoms. The third-order valence-corrected chi connectivity index (χ3v) is 2.70. The monoisotopic (exact) mass is 244 g/mol. The molecular weight excluding hydrogens is 231 g/mol. The van der Waals surface area contributed by atoms with Crippen molar-refractivity contribution in [1.82, 2.24) is 0 Å². The maximum absolute atomic E-state index is 13.4. The van der Waals surface area contributed by atoms with Crippen LogP contribution in [0.4, 0.5) is 4.39 Å². The summed E-state index contributed by atoms with van der Waals surface area (Å²) in [6.07, 6.45) is 1.54. The number of hydrogen-bond acceptors (Lipinski definition) is 1. The van der Waals surface area contributed by atoms with Crippen molar-refractivity contribution in [3.05, 3.63) is 34.6 Å². The van der Waals surface area contributed by atoms with Crippen LogP contribution in [-0.4, -0.2) is 11.1 Å². The molecule has 1 rings (SSSR count). The summed E-state index contributed by atoms with van der Waals surface area (Å²) in [6.45, 7) is 1.91. The molecule has 16 heavy (non-hydrogen) atoms. The molecular formula is C12H14ClFO2. The van der Waals surface area contributed by atoms with E-state index < -0.39 is 17.7 Å². The van der Waals surface area contributed by atoms with Crippen molar-refractivity contribution < 1.29 is 14.3 Å². The Bertz CT molecular complexity index is 379. The van der Waals surface area contributed by atoms with Gasteiger partial charge in [0.2, 0.25) is 0 Å². The highest BCUT2D eigenvalue weighted by atomic mass is 35.5. The maximum atomic E-state index is 13.4. The lowest BCUT2D eigenvalue weighted by Crippen LogP contribution is -2.16. The van der Waals surface area contributed by atoms with Crippen LogP contribution in [0.25, 0.3) is 0 Å². The van der Waals surface area contributed by atoms with Gasteiger partial charge in [0, 0.05) is 5.02 Å². The summed E-state index contributed by atoms with van der Waals surface area (Å²) in [6, 6.07) is 4.33. The number of benzene rings is 1. The molecule has 1 aromatic carbocycles. The Balaban J connectivity index is 2.81. The smallest absolute Gasteiger partial charge is 0.306 e. The van der Waals surface area contributed by atoms with Crippen molar-refractivity contribution in [1.29, 1.82) is 0 Å². The lowest BCUT2D eigenvalue weighted by molar-refractivity contribution is -0.141. The van der Waals surface area contributed by atoms with Gasteiger partial charge in [-0.05, 0) is 30.5 Å². The first kappa shape index (κ1) is 13.0. The van der Waals surface area contributed by atoms with E-state index in [1.807, 2.05) is 6.92 Å². The summed E-state index contributed by atoms with van der Waals surface area (Å²) in [5.41, 5.74) is 0.408. The molecule has 0 radical (unpaired) electrons. The van der Waals surface area contributed by atoms with E-state index >= 15 is 0 Å². The van der Waals surface area contributed by atoms with Gasteiger partial charge in [-0.1, -0.05) is 31.0 Å². The Morgan fingerprint density at radius 3 is 2.75 bits per heavy atom. The topological polar surface area (TPSA) is 37.3 Å². The zero-order chi connectivity index (χ0) is 12.1. The van der Waals surface area contributed by atoms with Crippen LogP contribution >= 0.6 is 11.6 Å². The Hall–Kier alpha value is -1.09. The Kier molecular flexibility index (Phi) is 4.74. The number of carbonyl (C=O) groups is 1. The van der Waals surface area contributed by atoms with Gasteiger partial charge in [0.25, 0.3) is 0 Å². The Morgan fingerprint density at radius 1 is 1.56 bits per heavy atom. The minimum absolute atomic E-state index is 0.214. The van der Waals surface area contributed by atoms with Gasteiger partial charge in [-0.3, -0.25) is 4.79 Å². The number of rotatable bonds is 5. The van der Waals surface area contributed by atoms with Gasteiger partial charge in [0.1, 0.15) is 5.82 Å². The minimum atomic E-state index is -0.879. The highest BCUT2D eigenvalue weighted by Crippen LogP contribution is 2.20. The van der Waals surface area contributed by atoms with Gasteiger partial charge in [-0.15, -0.1) is 0 Å². The van der Waals surface area contributed by atoms with Crippen LogP contribution in [0.15, 0.2) is 18.2 Å². The molecule has 0 aromatic heterocycles. The molecule has 0 fully saturated rings. The molecule has 4 heteroatoms. The van der Waals surface area contributed by atoms with Crippen LogP contribution in [0.3, 0.4) is 0 Å². The van der Waals surface area contributed by atoms with Crippen molar-refractivity contribution in [2.75, 3.05) is 0 Å². The standard InChI is InChI=1S/C12H14ClFO2/c1-2-3-9(12(15)16)6-8-4-5-10(13)7-11(8)14/h4-5,7,9H,2-3,6H2,1H3,(H,15,16). The average molecular weight is 245 g/mol. The zero-order valence-corrected chi connectivity index (χ0v) is 9.80. The van der Waals surface area contributed by atoms with Crippen LogP contribution in [0.2, 0.25) is 5.02 Å². The van der Waals surface area contributed by atoms with E-state index in [4.69, 9.17) is 16.7 Å². The van der Waals surface area contributed by atoms with Crippen molar-refractivity contribution >= 4 is 17.6 Å². The van der Waals surface area contributed by atoms with E-state index in [9.17, 15) is 9.18 Å². The van der Waals surface area contributed by atoms with Crippen molar-refractivity contribution in [3.63, 3.8) is 0 Å². The van der Waals surface area contributed by atoms with Crippen LogP contribution in [0.1, 0.15) is 25.3 Å². The highest BCUT2D eigenvalue weighted by molar-refractivity contribution is 6.30. The SMILES string of the molecule is CCCC(Cc1ccc(Cl)cc1F)C(=O)O. The highest BCUT2D eigenvalue weighted by Gasteiger charge is 2.18. The van der Waals surface area contributed by atoms with Crippen LogP contribution in [-0.2, 0) is 11.2 Å². The molecule has 0 aliphatic carbocycles. The predicted octanol–water partition coefficient (Wildman–Crippen LogP) is 3.52. The molecule has 1 atom stereocenters. The van der Waals surface area contributed by atoms with Crippen molar-refractivity contribution in [2.45, 2.75) is 26.2 Å². The third-order valence-electron chi connectivity index (χ3n) is 2.47. The predicted molar refractivity (Wildman–Crippen MR) is 61.1 cm³/mol. The van der Waals surface area contributed by atoms with Crippen LogP contribution < -0.4 is 0 Å². The fourth-order valence-corrected chi connectivity index (χ4v) is 1.77. The second kappa shape index (κ2) is 5.85. The average Bonchev–Trinajstić information content (AvgIpc) is 2.20. The number of aliphatic carboxylic acids is 1. The van der Waals surface area contributed by atoms with Crippen molar-refractivity contribution in [2.24, 2.45) is 5.92 Å². The van der Waals surface area contributed by atoms with Gasteiger partial charge in [-0.25, -0.2) is 4.39 Å². The summed E-state index contributed by atoms with van der Waals surface area (Å²) in [5, 5.41) is 9.29. The van der Waals surface area contributed by atoms with E-state index in [2.05, 4.69) is 0 Å². The third kappa shape index (κ3) is 3.49. The molecule has 0 spiro atoms. The summed E-state index contributed by atoms with van der Waals surface area (Å²) >= 11 is 5.62. The van der Waals surface area contributed by atoms with E-state index in [0.29, 0.717) is 17.0 Å². The Labute approximate surface area is 99.0 Å². The van der Waals surface area contributed by atoms with E-state index in [0.717, 1.165) is 6.42 Å². The first-order chi connectivity index (χ1) is 7.54. The quantitative estimate of drug-likeness (QED) is 0.861. The van der Waals surface area contributed by atoms with Crippen LogP contribution in [0.5, 0.6) is 0 Å². The molecule has 0 amide bonds. The minimum Gasteiger partial charge on any atom is -0.481 e. The molecule has 0 saturated heterocycles. The number of hydrogen-bond donors (Lipinski definition) is 1. The van der Waals surface area contributed by atoms with E-state index in [-0.39, 0.29) is 6.42 Å². The fraction of sp³-hybridized carbons (Fsp3) is 0.417. The zero-order valence-electron chi connectivity index (χ0n) is 9.04. The largest absolute Gasteiger partial charge is 0.481 e. The number of carboxylic acids is 1. The molecule has 2 nitrogen and oxygen atoms in total. The Morgan fingerprint density at radius 2 is 2.25 bits per heavy atom. The molecule has 1 N–H and O–H groups in total. The summed E-state index contributed by atoms with van der Waals surface area (Å²) in [7, 11) is 0. The summed E-state index contributed by atoms with van der Waals surface area (Å²) < 4.78 is 13.4. The summed E-state index contributed by atoms with van der Waals surface area (Å²) in [5.74, 6) is -1.84. The molecule has 88 valence electrons. The van der Waals surface area contributed by atoms with E-state index in [1.165, 1.54) is 6.07 Å². The maximum Gasteiger partial charge on any atom is 0.306 e. The van der Waals surface area contributed by atoms with Gasteiger partial charge >= 0.3 is 5.97 Å². The lowest BCUT2D eigenvalue weighted by atomic mass is 9.95. The van der Waals surface area contributed by atoms with Gasteiger partial charge in [-0.2, -0.15) is 0 Å². The second-order valence-electron chi connectivity index (χ2n) is 3.76. The van der Waals surface area contributed by atoms with Gasteiger partial charge < -0.3 is 5.11 Å². The number of carboxylic acid groups (broad SMARTS) is 1. The molecule has 1 unspecified atom stereocenters. The molecule has 0 heterocycles.